The number of nitrogens with one attached hydrogen (secondary N) is 3. The Hall–Kier alpha value is -4.65. The number of methoxy groups -OCH3 is 1. The SMILES string of the molecule is COC(=O)CC1CCN(C(=O)[C@@H]2COCCN2C(=O)Cc2ccc(NC(=O)Nc3ccc(CNC(=O)OC(C)(C)C)cc3)cc2)CC1. The van der Waals surface area contributed by atoms with Gasteiger partial charge in [-0.05, 0) is 74.9 Å². The number of carbonyl (C=O) groups excluding carboxylic acids is 5. The highest BCUT2D eigenvalue weighted by atomic mass is 16.6. The van der Waals surface area contributed by atoms with Crippen LogP contribution < -0.4 is 16.0 Å². The number of anilines is 2. The Bertz CT molecular complexity index is 1400. The molecule has 2 fully saturated rings. The molecule has 0 unspecified atom stereocenters. The zero-order valence-electron chi connectivity index (χ0n) is 27.5. The number of ether oxygens (including phenoxy) is 3. The monoisotopic (exact) mass is 651 g/mol. The second-order valence-corrected chi connectivity index (χ2v) is 12.7. The first kappa shape index (κ1) is 35.2. The van der Waals surface area contributed by atoms with Gasteiger partial charge >= 0.3 is 18.1 Å². The second kappa shape index (κ2) is 16.3. The average Bonchev–Trinajstić information content (AvgIpc) is 3.04. The van der Waals surface area contributed by atoms with Crippen molar-refractivity contribution in [3.05, 3.63) is 59.7 Å². The summed E-state index contributed by atoms with van der Waals surface area (Å²) in [5, 5.41) is 8.23. The summed E-state index contributed by atoms with van der Waals surface area (Å²) >= 11 is 0. The number of amides is 5. The molecular weight excluding hydrogens is 606 g/mol. The smallest absolute Gasteiger partial charge is 0.407 e. The third-order valence-corrected chi connectivity index (χ3v) is 7.96. The maximum absolute atomic E-state index is 13.4. The van der Waals surface area contributed by atoms with Gasteiger partial charge in [-0.1, -0.05) is 24.3 Å². The number of alkyl carbamates (subject to hydrolysis) is 1. The zero-order valence-corrected chi connectivity index (χ0v) is 27.5. The Morgan fingerprint density at radius 1 is 0.872 bits per heavy atom. The van der Waals surface area contributed by atoms with E-state index in [1.165, 1.54) is 7.11 Å². The van der Waals surface area contributed by atoms with Crippen molar-refractivity contribution in [2.45, 2.75) is 64.6 Å². The molecule has 47 heavy (non-hydrogen) atoms. The number of benzene rings is 2. The number of esters is 1. The minimum Gasteiger partial charge on any atom is -0.469 e. The number of carbonyl (C=O) groups is 5. The maximum Gasteiger partial charge on any atom is 0.407 e. The minimum atomic E-state index is -0.687. The van der Waals surface area contributed by atoms with Crippen molar-refractivity contribution in [3.63, 3.8) is 0 Å². The van der Waals surface area contributed by atoms with Crippen LogP contribution in [0.3, 0.4) is 0 Å². The molecule has 2 aliphatic rings. The lowest BCUT2D eigenvalue weighted by atomic mass is 9.93. The quantitative estimate of drug-likeness (QED) is 0.345. The fourth-order valence-electron chi connectivity index (χ4n) is 5.46. The summed E-state index contributed by atoms with van der Waals surface area (Å²) in [5.41, 5.74) is 2.14. The van der Waals surface area contributed by atoms with Crippen molar-refractivity contribution < 1.29 is 38.2 Å². The van der Waals surface area contributed by atoms with Gasteiger partial charge in [0.05, 0.1) is 26.7 Å². The van der Waals surface area contributed by atoms with E-state index >= 15 is 0 Å². The highest BCUT2D eigenvalue weighted by Gasteiger charge is 2.37. The van der Waals surface area contributed by atoms with Crippen LogP contribution in [0.5, 0.6) is 0 Å². The molecule has 0 radical (unpaired) electrons. The van der Waals surface area contributed by atoms with Gasteiger partial charge in [0, 0.05) is 44.0 Å². The van der Waals surface area contributed by atoms with Gasteiger partial charge < -0.3 is 40.0 Å². The predicted molar refractivity (Wildman–Crippen MR) is 175 cm³/mol. The van der Waals surface area contributed by atoms with E-state index in [2.05, 4.69) is 16.0 Å². The predicted octanol–water partition coefficient (Wildman–Crippen LogP) is 3.93. The van der Waals surface area contributed by atoms with Crippen LogP contribution in [0.1, 0.15) is 51.2 Å². The number of nitrogens with zero attached hydrogens (tertiary/aromatic N) is 2. The first-order valence-electron chi connectivity index (χ1n) is 15.9. The van der Waals surface area contributed by atoms with Gasteiger partial charge in [-0.3, -0.25) is 14.4 Å². The third-order valence-electron chi connectivity index (χ3n) is 7.96. The van der Waals surface area contributed by atoms with Crippen LogP contribution in [0, 0.1) is 5.92 Å². The topological polar surface area (TPSA) is 156 Å². The molecule has 2 aromatic rings. The number of hydrogen-bond donors (Lipinski definition) is 3. The van der Waals surface area contributed by atoms with Crippen molar-refractivity contribution >= 4 is 41.3 Å². The van der Waals surface area contributed by atoms with Gasteiger partial charge in [0.2, 0.25) is 11.8 Å². The van der Waals surface area contributed by atoms with E-state index in [9.17, 15) is 24.0 Å². The molecule has 2 aliphatic heterocycles. The molecule has 0 aliphatic carbocycles. The van der Waals surface area contributed by atoms with Crippen LogP contribution >= 0.6 is 0 Å². The lowest BCUT2D eigenvalue weighted by Crippen LogP contribution is -2.58. The van der Waals surface area contributed by atoms with E-state index in [-0.39, 0.29) is 43.3 Å². The molecule has 3 N–H and O–H groups in total. The number of urea groups is 1. The van der Waals surface area contributed by atoms with Crippen molar-refractivity contribution in [1.82, 2.24) is 15.1 Å². The Kier molecular flexibility index (Phi) is 12.2. The van der Waals surface area contributed by atoms with E-state index in [1.54, 1.807) is 79.1 Å². The number of morpholine rings is 1. The molecule has 0 aromatic heterocycles. The summed E-state index contributed by atoms with van der Waals surface area (Å²) in [6.45, 7) is 7.57. The Morgan fingerprint density at radius 3 is 2.04 bits per heavy atom. The summed E-state index contributed by atoms with van der Waals surface area (Å²) < 4.78 is 15.6. The molecule has 4 rings (SSSR count). The van der Waals surface area contributed by atoms with E-state index in [4.69, 9.17) is 14.2 Å². The summed E-state index contributed by atoms with van der Waals surface area (Å²) in [6, 6.07) is 12.9. The summed E-state index contributed by atoms with van der Waals surface area (Å²) in [5.74, 6) is -0.361. The van der Waals surface area contributed by atoms with Gasteiger partial charge in [0.1, 0.15) is 11.6 Å². The highest BCUT2D eigenvalue weighted by molar-refractivity contribution is 5.99. The number of likely N-dealkylation sites (tertiary alicyclic amines) is 1. The van der Waals surface area contributed by atoms with Crippen LogP contribution in [0.4, 0.5) is 21.0 Å². The average molecular weight is 652 g/mol. The standard InChI is InChI=1S/C34H45N5O8/c1-34(2,3)47-33(44)35-21-25-7-11-27(12-8-25)37-32(43)36-26-9-5-23(6-10-26)19-29(40)39-17-18-46-22-28(39)31(42)38-15-13-24(14-16-38)20-30(41)45-4/h5-12,24,28H,13-22H2,1-4H3,(H,35,44)(H2,36,37,43)/t28-/m0/s1. The molecular formula is C34H45N5O8. The van der Waals surface area contributed by atoms with Gasteiger partial charge in [0.25, 0.3) is 0 Å². The van der Waals surface area contributed by atoms with E-state index in [0.717, 1.165) is 11.1 Å². The Morgan fingerprint density at radius 2 is 1.47 bits per heavy atom. The third kappa shape index (κ3) is 11.0. The fraction of sp³-hybridized carbons (Fsp3) is 0.500. The Labute approximate surface area is 275 Å². The molecule has 1 atom stereocenters. The molecule has 2 heterocycles. The van der Waals surface area contributed by atoms with E-state index in [1.807, 2.05) is 0 Å². The lowest BCUT2D eigenvalue weighted by Gasteiger charge is -2.39. The minimum absolute atomic E-state index is 0.104. The van der Waals surface area contributed by atoms with Gasteiger partial charge in [-0.15, -0.1) is 0 Å². The zero-order chi connectivity index (χ0) is 34.0. The summed E-state index contributed by atoms with van der Waals surface area (Å²) in [7, 11) is 1.38. The number of rotatable bonds is 9. The normalized spacial score (nSPS) is 17.0. The molecule has 2 saturated heterocycles. The molecule has 0 saturated carbocycles. The summed E-state index contributed by atoms with van der Waals surface area (Å²) in [6.07, 6.45) is 1.37. The first-order chi connectivity index (χ1) is 22.4. The highest BCUT2D eigenvalue weighted by Crippen LogP contribution is 2.23. The molecule has 254 valence electrons. The second-order valence-electron chi connectivity index (χ2n) is 12.7. The van der Waals surface area contributed by atoms with Crippen LogP contribution in [-0.4, -0.2) is 91.3 Å². The van der Waals surface area contributed by atoms with Crippen LogP contribution in [0.15, 0.2) is 48.5 Å². The summed E-state index contributed by atoms with van der Waals surface area (Å²) in [4.78, 5) is 66.1. The van der Waals surface area contributed by atoms with Gasteiger partial charge in [-0.25, -0.2) is 9.59 Å². The van der Waals surface area contributed by atoms with Gasteiger partial charge in [-0.2, -0.15) is 0 Å². The van der Waals surface area contributed by atoms with Gasteiger partial charge in [0.15, 0.2) is 0 Å². The Balaban J connectivity index is 1.23. The molecule has 0 spiro atoms. The van der Waals surface area contributed by atoms with Crippen molar-refractivity contribution in [2.24, 2.45) is 5.92 Å². The molecule has 5 amide bonds. The van der Waals surface area contributed by atoms with Crippen LogP contribution in [0.2, 0.25) is 0 Å². The molecule has 13 nitrogen and oxygen atoms in total. The lowest BCUT2D eigenvalue weighted by molar-refractivity contribution is -0.154. The van der Waals surface area contributed by atoms with E-state index in [0.29, 0.717) is 56.9 Å². The van der Waals surface area contributed by atoms with Crippen molar-refractivity contribution in [3.8, 4) is 0 Å². The van der Waals surface area contributed by atoms with Crippen molar-refractivity contribution in [2.75, 3.05) is 50.6 Å². The fourth-order valence-corrected chi connectivity index (χ4v) is 5.46. The largest absolute Gasteiger partial charge is 0.469 e. The maximum atomic E-state index is 13.4. The van der Waals surface area contributed by atoms with Crippen LogP contribution in [-0.2, 0) is 41.6 Å². The first-order valence-corrected chi connectivity index (χ1v) is 15.9. The number of hydrogen-bond acceptors (Lipinski definition) is 8. The van der Waals surface area contributed by atoms with E-state index < -0.39 is 23.8 Å². The van der Waals surface area contributed by atoms with Crippen molar-refractivity contribution in [1.29, 1.82) is 0 Å². The number of piperidine rings is 1. The molecule has 2 aromatic carbocycles. The molecule has 13 heteroatoms. The van der Waals surface area contributed by atoms with Crippen LogP contribution in [0.25, 0.3) is 0 Å². The molecule has 0 bridgehead atoms.